The molecule has 0 fully saturated rings. The van der Waals surface area contributed by atoms with Crippen molar-refractivity contribution in [2.45, 2.75) is 6.54 Å². The van der Waals surface area contributed by atoms with Gasteiger partial charge in [0, 0.05) is 25.6 Å². The number of H-pyrrole nitrogens is 1. The molecule has 4 N–H and O–H groups in total. The molecule has 1 aromatic carbocycles. The number of carbonyl (C=O) groups excluding carboxylic acids is 1. The number of halogens is 1. The molecule has 0 spiro atoms. The summed E-state index contributed by atoms with van der Waals surface area (Å²) in [5.74, 6) is -0.239. The van der Waals surface area contributed by atoms with Gasteiger partial charge < -0.3 is 16.0 Å². The van der Waals surface area contributed by atoms with Crippen molar-refractivity contribution >= 4 is 60.3 Å². The Morgan fingerprint density at radius 3 is 2.95 bits per heavy atom. The Balaban J connectivity index is 1.84. The minimum absolute atomic E-state index is 0.134. The summed E-state index contributed by atoms with van der Waals surface area (Å²) in [6, 6.07) is 5.71. The fourth-order valence-corrected chi connectivity index (χ4v) is 4.09. The van der Waals surface area contributed by atoms with Gasteiger partial charge in [-0.15, -0.1) is 11.3 Å². The first-order valence-corrected chi connectivity index (χ1v) is 8.46. The highest BCUT2D eigenvalue weighted by Gasteiger charge is 2.16. The minimum Gasteiger partial charge on any atom is -0.397 e. The van der Waals surface area contributed by atoms with Crippen LogP contribution < -0.4 is 15.9 Å². The fourth-order valence-electron chi connectivity index (χ4n) is 1.92. The predicted molar refractivity (Wildman–Crippen MR) is 90.0 cm³/mol. The molecule has 0 aliphatic heterocycles. The number of amides is 1. The van der Waals surface area contributed by atoms with Crippen LogP contribution in [-0.2, 0) is 6.54 Å². The van der Waals surface area contributed by atoms with E-state index < -0.39 is 0 Å². The predicted octanol–water partition coefficient (Wildman–Crippen LogP) is 2.93. The molecule has 3 rings (SSSR count). The first-order valence-electron chi connectivity index (χ1n) is 5.97. The van der Waals surface area contributed by atoms with E-state index in [2.05, 4.69) is 26.2 Å². The van der Waals surface area contributed by atoms with Crippen LogP contribution in [0.1, 0.15) is 15.4 Å². The lowest BCUT2D eigenvalue weighted by atomic mass is 10.2. The number of rotatable bonds is 3. The molecule has 2 aromatic heterocycles. The maximum Gasteiger partial charge on any atom is 0.304 e. The summed E-state index contributed by atoms with van der Waals surface area (Å²) in [6.45, 7) is 0.273. The van der Waals surface area contributed by atoms with Crippen molar-refractivity contribution in [3.8, 4) is 0 Å². The van der Waals surface area contributed by atoms with Crippen molar-refractivity contribution < 1.29 is 4.79 Å². The summed E-state index contributed by atoms with van der Waals surface area (Å²) < 4.78 is 1.90. The molecular weight excluding hydrogens is 374 g/mol. The summed E-state index contributed by atoms with van der Waals surface area (Å²) in [4.78, 5) is 26.3. The van der Waals surface area contributed by atoms with Gasteiger partial charge in [0.1, 0.15) is 4.88 Å². The third-order valence-electron chi connectivity index (χ3n) is 2.91. The van der Waals surface area contributed by atoms with Crippen LogP contribution in [0.5, 0.6) is 0 Å². The average molecular weight is 384 g/mol. The molecule has 8 heteroatoms. The Hall–Kier alpha value is -1.64. The van der Waals surface area contributed by atoms with Gasteiger partial charge in [-0.2, -0.15) is 0 Å². The highest BCUT2D eigenvalue weighted by molar-refractivity contribution is 9.10. The standard InChI is InChI=1S/C13H10BrN3O2S2/c14-6-1-2-8-9(3-6)21-11(10(8)15)12(18)16-4-7-5-20-13(19)17-7/h1-3,5H,4,15H2,(H,16,18)(H,17,19). The molecule has 21 heavy (non-hydrogen) atoms. The Bertz CT molecular complexity index is 881. The number of anilines is 1. The van der Waals surface area contributed by atoms with Crippen LogP contribution in [0.4, 0.5) is 5.69 Å². The van der Waals surface area contributed by atoms with E-state index in [9.17, 15) is 9.59 Å². The number of carbonyl (C=O) groups is 1. The molecule has 0 saturated heterocycles. The number of hydrogen-bond acceptors (Lipinski definition) is 5. The zero-order valence-electron chi connectivity index (χ0n) is 10.6. The third-order valence-corrected chi connectivity index (χ3v) is 5.29. The second kappa shape index (κ2) is 5.63. The first kappa shape index (κ1) is 14.3. The normalized spacial score (nSPS) is 10.9. The highest BCUT2D eigenvalue weighted by Crippen LogP contribution is 2.35. The Labute approximate surface area is 135 Å². The smallest absolute Gasteiger partial charge is 0.304 e. The summed E-state index contributed by atoms with van der Waals surface area (Å²) >= 11 is 5.82. The van der Waals surface area contributed by atoms with Crippen molar-refractivity contribution in [3.05, 3.63) is 48.3 Å². The molecule has 1 amide bonds. The molecule has 0 unspecified atom stereocenters. The number of fused-ring (bicyclic) bond motifs is 1. The van der Waals surface area contributed by atoms with Crippen LogP contribution >= 0.6 is 38.6 Å². The molecule has 0 aliphatic rings. The molecule has 3 aromatic rings. The number of hydrogen-bond donors (Lipinski definition) is 3. The zero-order valence-corrected chi connectivity index (χ0v) is 13.8. The summed E-state index contributed by atoms with van der Waals surface area (Å²) in [5.41, 5.74) is 7.21. The van der Waals surface area contributed by atoms with Gasteiger partial charge in [0.2, 0.25) is 0 Å². The lowest BCUT2D eigenvalue weighted by molar-refractivity contribution is 0.0955. The van der Waals surface area contributed by atoms with Gasteiger partial charge in [-0.3, -0.25) is 9.59 Å². The van der Waals surface area contributed by atoms with Crippen molar-refractivity contribution in [3.63, 3.8) is 0 Å². The number of nitrogens with two attached hydrogens (primary N) is 1. The quantitative estimate of drug-likeness (QED) is 0.649. The van der Waals surface area contributed by atoms with Gasteiger partial charge in [0.05, 0.1) is 12.2 Å². The van der Waals surface area contributed by atoms with Crippen LogP contribution in [-0.4, -0.2) is 10.9 Å². The molecule has 0 bridgehead atoms. The van der Waals surface area contributed by atoms with Crippen LogP contribution in [0.25, 0.3) is 10.1 Å². The maximum atomic E-state index is 12.2. The molecular formula is C13H10BrN3O2S2. The molecule has 0 saturated carbocycles. The Morgan fingerprint density at radius 2 is 2.24 bits per heavy atom. The van der Waals surface area contributed by atoms with Crippen molar-refractivity contribution in [1.82, 2.24) is 10.3 Å². The molecule has 5 nitrogen and oxygen atoms in total. The van der Waals surface area contributed by atoms with Gasteiger partial charge in [-0.05, 0) is 12.1 Å². The van der Waals surface area contributed by atoms with Gasteiger partial charge in [0.15, 0.2) is 0 Å². The van der Waals surface area contributed by atoms with E-state index in [-0.39, 0.29) is 17.3 Å². The van der Waals surface area contributed by atoms with Crippen LogP contribution in [0.3, 0.4) is 0 Å². The van der Waals surface area contributed by atoms with Crippen LogP contribution in [0, 0.1) is 0 Å². The third kappa shape index (κ3) is 2.87. The molecule has 2 heterocycles. The Kier molecular flexibility index (Phi) is 3.83. The number of thiazole rings is 1. The number of thiophene rings is 1. The average Bonchev–Trinajstić information content (AvgIpc) is 3.00. The number of nitrogens with one attached hydrogen (secondary N) is 2. The number of aromatic amines is 1. The molecule has 108 valence electrons. The largest absolute Gasteiger partial charge is 0.397 e. The lowest BCUT2D eigenvalue weighted by Crippen LogP contribution is -2.23. The van der Waals surface area contributed by atoms with E-state index in [0.717, 1.165) is 25.9 Å². The molecule has 0 radical (unpaired) electrons. The van der Waals surface area contributed by atoms with E-state index in [1.807, 2.05) is 18.2 Å². The highest BCUT2D eigenvalue weighted by atomic mass is 79.9. The summed E-state index contributed by atoms with van der Waals surface area (Å²) in [5, 5.41) is 5.32. The van der Waals surface area contributed by atoms with E-state index in [4.69, 9.17) is 5.73 Å². The van der Waals surface area contributed by atoms with Gasteiger partial charge >= 0.3 is 4.87 Å². The zero-order chi connectivity index (χ0) is 15.0. The summed E-state index contributed by atoms with van der Waals surface area (Å²) in [7, 11) is 0. The van der Waals surface area contributed by atoms with Gasteiger partial charge in [-0.25, -0.2) is 0 Å². The van der Waals surface area contributed by atoms with Gasteiger partial charge in [-0.1, -0.05) is 33.3 Å². The van der Waals surface area contributed by atoms with E-state index in [1.165, 1.54) is 11.3 Å². The second-order valence-corrected chi connectivity index (χ2v) is 7.15. The van der Waals surface area contributed by atoms with E-state index in [1.54, 1.807) is 5.38 Å². The van der Waals surface area contributed by atoms with Crippen molar-refractivity contribution in [2.75, 3.05) is 5.73 Å². The first-order chi connectivity index (χ1) is 10.0. The number of aromatic nitrogens is 1. The lowest BCUT2D eigenvalue weighted by Gasteiger charge is -2.02. The van der Waals surface area contributed by atoms with Crippen LogP contribution in [0.15, 0.2) is 32.8 Å². The van der Waals surface area contributed by atoms with E-state index >= 15 is 0 Å². The van der Waals surface area contributed by atoms with E-state index in [0.29, 0.717) is 16.3 Å². The number of nitrogen functional groups attached to an aromatic ring is 1. The van der Waals surface area contributed by atoms with Crippen molar-refractivity contribution in [2.24, 2.45) is 0 Å². The fraction of sp³-hybridized carbons (Fsp3) is 0.0769. The maximum absolute atomic E-state index is 12.2. The summed E-state index contributed by atoms with van der Waals surface area (Å²) in [6.07, 6.45) is 0. The Morgan fingerprint density at radius 1 is 1.43 bits per heavy atom. The second-order valence-electron chi connectivity index (χ2n) is 4.34. The SMILES string of the molecule is Nc1c(C(=O)NCc2csc(=O)[nH]2)sc2cc(Br)ccc12. The number of benzene rings is 1. The topological polar surface area (TPSA) is 88.0 Å². The van der Waals surface area contributed by atoms with Crippen LogP contribution in [0.2, 0.25) is 0 Å². The van der Waals surface area contributed by atoms with Crippen molar-refractivity contribution in [1.29, 1.82) is 0 Å². The monoisotopic (exact) mass is 383 g/mol. The molecule has 0 aliphatic carbocycles. The minimum atomic E-state index is -0.239. The van der Waals surface area contributed by atoms with Gasteiger partial charge in [0.25, 0.3) is 5.91 Å². The molecule has 0 atom stereocenters.